The summed E-state index contributed by atoms with van der Waals surface area (Å²) in [6, 6.07) is 5.90. The van der Waals surface area contributed by atoms with E-state index >= 15 is 0 Å². The van der Waals surface area contributed by atoms with Crippen molar-refractivity contribution in [3.63, 3.8) is 0 Å². The van der Waals surface area contributed by atoms with Gasteiger partial charge in [-0.2, -0.15) is 0 Å². The lowest BCUT2D eigenvalue weighted by Crippen LogP contribution is -2.42. The van der Waals surface area contributed by atoms with Gasteiger partial charge in [0.1, 0.15) is 11.5 Å². The fourth-order valence-electron chi connectivity index (χ4n) is 5.34. The lowest BCUT2D eigenvalue weighted by molar-refractivity contribution is -0.129. The van der Waals surface area contributed by atoms with Crippen LogP contribution in [0.15, 0.2) is 18.2 Å². The van der Waals surface area contributed by atoms with Gasteiger partial charge in [-0.05, 0) is 73.1 Å². The molecule has 3 nitrogen and oxygen atoms in total. The van der Waals surface area contributed by atoms with Gasteiger partial charge in [0.25, 0.3) is 0 Å². The maximum atomic E-state index is 12.3. The van der Waals surface area contributed by atoms with E-state index in [1.807, 2.05) is 12.1 Å². The predicted octanol–water partition coefficient (Wildman–Crippen LogP) is 2.99. The zero-order valence-corrected chi connectivity index (χ0v) is 15.5. The number of phenols is 1. The third-order valence-corrected chi connectivity index (χ3v) is 6.42. The zero-order chi connectivity index (χ0) is 16.6. The highest BCUT2D eigenvalue weighted by molar-refractivity contribution is 6.15. The number of carbonyl (C=O) groups excluding carboxylic acids is 1. The number of phenolic OH excluding ortho intramolecular Hbond substituents is 1. The third-order valence-electron chi connectivity index (χ3n) is 6.42. The molecule has 3 aliphatic rings. The van der Waals surface area contributed by atoms with Crippen molar-refractivity contribution < 1.29 is 14.0 Å². The first-order valence-electron chi connectivity index (χ1n) is 8.35. The highest BCUT2D eigenvalue weighted by Gasteiger charge is 2.54. The van der Waals surface area contributed by atoms with Gasteiger partial charge in [-0.25, -0.2) is 0 Å². The number of benzene rings is 1. The standard InChI is InChI=1S/C18H22O2.OSi2/c1-18-9-8-14-13-5-3-12(19)10-11(13)2-4-15(14)16(18)6-7-17(18)20;2-1-3/h3,5,10,14-16,19H,2,4,6-9H2,1H3;/t14-,15-,16+,18+;/m1./s1. The second-order valence-corrected chi connectivity index (χ2v) is 8.14. The van der Waals surface area contributed by atoms with E-state index in [1.54, 1.807) is 0 Å². The summed E-state index contributed by atoms with van der Waals surface area (Å²) in [5, 5.41) is 9.67. The highest BCUT2D eigenvalue weighted by Crippen LogP contribution is 2.59. The summed E-state index contributed by atoms with van der Waals surface area (Å²) in [4.78, 5) is 12.3. The Balaban J connectivity index is 0.000000485. The molecular weight excluding hydrogens is 320 g/mol. The first-order valence-corrected chi connectivity index (χ1v) is 9.17. The van der Waals surface area contributed by atoms with Gasteiger partial charge in [-0.3, -0.25) is 4.79 Å². The Morgan fingerprint density at radius 2 is 1.96 bits per heavy atom. The van der Waals surface area contributed by atoms with E-state index in [9.17, 15) is 9.90 Å². The van der Waals surface area contributed by atoms with Crippen LogP contribution in [0.1, 0.15) is 56.1 Å². The van der Waals surface area contributed by atoms with E-state index in [0.717, 1.165) is 32.1 Å². The van der Waals surface area contributed by atoms with E-state index in [1.165, 1.54) is 17.5 Å². The van der Waals surface area contributed by atoms with E-state index in [-0.39, 0.29) is 5.41 Å². The van der Waals surface area contributed by atoms with Crippen molar-refractivity contribution >= 4 is 26.8 Å². The van der Waals surface area contributed by atoms with Gasteiger partial charge in [0.15, 0.2) is 0 Å². The van der Waals surface area contributed by atoms with Crippen molar-refractivity contribution in [2.45, 2.75) is 51.4 Å². The van der Waals surface area contributed by atoms with Crippen molar-refractivity contribution in [1.29, 1.82) is 0 Å². The van der Waals surface area contributed by atoms with Crippen molar-refractivity contribution in [3.05, 3.63) is 29.3 Å². The zero-order valence-electron chi connectivity index (χ0n) is 13.5. The smallest absolute Gasteiger partial charge is 0.229 e. The van der Waals surface area contributed by atoms with Crippen LogP contribution in [0.5, 0.6) is 5.75 Å². The number of rotatable bonds is 0. The molecule has 120 valence electrons. The van der Waals surface area contributed by atoms with Crippen LogP contribution in [0.25, 0.3) is 0 Å². The number of ketones is 1. The van der Waals surface area contributed by atoms with Crippen LogP contribution in [0, 0.1) is 17.3 Å². The number of hydrogen-bond donors (Lipinski definition) is 1. The van der Waals surface area contributed by atoms with Gasteiger partial charge >= 0.3 is 0 Å². The maximum absolute atomic E-state index is 12.3. The molecule has 4 rings (SSSR count). The number of aryl methyl sites for hydroxylation is 1. The number of hydrogen-bond acceptors (Lipinski definition) is 3. The molecule has 1 aromatic carbocycles. The van der Waals surface area contributed by atoms with E-state index < -0.39 is 0 Å². The Labute approximate surface area is 144 Å². The molecule has 5 heteroatoms. The molecule has 0 aliphatic heterocycles. The second-order valence-electron chi connectivity index (χ2n) is 7.32. The Bertz CT molecular complexity index is 604. The molecular formula is C18H22O3Si2. The second kappa shape index (κ2) is 6.53. The largest absolute Gasteiger partial charge is 0.508 e. The van der Waals surface area contributed by atoms with Gasteiger partial charge in [0, 0.05) is 11.8 Å². The molecule has 0 unspecified atom stereocenters. The number of fused-ring (bicyclic) bond motifs is 5. The molecule has 0 spiro atoms. The molecule has 4 atom stereocenters. The van der Waals surface area contributed by atoms with Crippen LogP contribution < -0.4 is 0 Å². The first kappa shape index (κ1) is 16.9. The lowest BCUT2D eigenvalue weighted by atomic mass is 9.55. The van der Waals surface area contributed by atoms with Crippen LogP contribution >= 0.6 is 0 Å². The molecule has 2 fully saturated rings. The van der Waals surface area contributed by atoms with Gasteiger partial charge in [-0.1, -0.05) is 13.0 Å². The SMILES string of the molecule is C[C@]12CC[C@@H]3c4ccc(O)cc4CC[C@H]3[C@@H]1CCC2=O.[Si]O[Si]. The van der Waals surface area contributed by atoms with Gasteiger partial charge in [0.2, 0.25) is 21.0 Å². The lowest BCUT2D eigenvalue weighted by Gasteiger charge is -2.48. The fraction of sp³-hybridized carbons (Fsp3) is 0.611. The quantitative estimate of drug-likeness (QED) is 0.737. The Morgan fingerprint density at radius 3 is 2.70 bits per heavy atom. The molecule has 3 aliphatic carbocycles. The van der Waals surface area contributed by atoms with Gasteiger partial charge < -0.3 is 9.22 Å². The van der Waals surface area contributed by atoms with Crippen molar-refractivity contribution in [1.82, 2.24) is 0 Å². The Kier molecular flexibility index (Phi) is 4.81. The molecule has 0 aromatic heterocycles. The van der Waals surface area contributed by atoms with Crippen molar-refractivity contribution in [3.8, 4) is 5.75 Å². The minimum absolute atomic E-state index is 0.0322. The molecule has 0 bridgehead atoms. The fourth-order valence-corrected chi connectivity index (χ4v) is 5.34. The summed E-state index contributed by atoms with van der Waals surface area (Å²) in [6.07, 6.45) is 6.34. The van der Waals surface area contributed by atoms with Crippen LogP contribution in [-0.4, -0.2) is 31.9 Å². The van der Waals surface area contributed by atoms with Crippen LogP contribution in [0.2, 0.25) is 0 Å². The monoisotopic (exact) mass is 342 g/mol. The summed E-state index contributed by atoms with van der Waals surface area (Å²) >= 11 is 0. The minimum Gasteiger partial charge on any atom is -0.508 e. The summed E-state index contributed by atoms with van der Waals surface area (Å²) < 4.78 is 3.86. The molecule has 0 heterocycles. The topological polar surface area (TPSA) is 46.5 Å². The van der Waals surface area contributed by atoms with Gasteiger partial charge in [-0.15, -0.1) is 0 Å². The van der Waals surface area contributed by atoms with Crippen molar-refractivity contribution in [2.24, 2.45) is 17.3 Å². The number of carbonyl (C=O) groups is 1. The number of Topliss-reactive ketones (excluding diaryl/α,β-unsaturated/α-hetero) is 1. The molecule has 1 N–H and O–H groups in total. The molecule has 0 saturated heterocycles. The van der Waals surface area contributed by atoms with Crippen LogP contribution in [0.4, 0.5) is 0 Å². The third kappa shape index (κ3) is 2.83. The average Bonchev–Trinajstić information content (AvgIpc) is 2.83. The van der Waals surface area contributed by atoms with Crippen molar-refractivity contribution in [2.75, 3.05) is 0 Å². The van der Waals surface area contributed by atoms with E-state index in [0.29, 0.717) is 29.3 Å². The molecule has 2 saturated carbocycles. The van der Waals surface area contributed by atoms with E-state index in [4.69, 9.17) is 0 Å². The predicted molar refractivity (Wildman–Crippen MR) is 90.3 cm³/mol. The normalized spacial score (nSPS) is 34.7. The summed E-state index contributed by atoms with van der Waals surface area (Å²) in [7, 11) is 5.19. The number of aromatic hydroxyl groups is 1. The Morgan fingerprint density at radius 1 is 1.22 bits per heavy atom. The average molecular weight is 343 g/mol. The van der Waals surface area contributed by atoms with Crippen LogP contribution in [0.3, 0.4) is 0 Å². The molecule has 0 amide bonds. The first-order chi connectivity index (χ1) is 11.0. The maximum Gasteiger partial charge on any atom is 0.229 e. The summed E-state index contributed by atoms with van der Waals surface area (Å²) in [5.41, 5.74) is 2.75. The van der Waals surface area contributed by atoms with Crippen LogP contribution in [-0.2, 0) is 15.3 Å². The minimum atomic E-state index is -0.0322. The van der Waals surface area contributed by atoms with E-state index in [2.05, 4.69) is 38.1 Å². The summed E-state index contributed by atoms with van der Waals surface area (Å²) in [6.45, 7) is 2.22. The molecule has 6 radical (unpaired) electrons. The van der Waals surface area contributed by atoms with Gasteiger partial charge in [0.05, 0.1) is 0 Å². The molecule has 1 aromatic rings. The molecule has 23 heavy (non-hydrogen) atoms. The highest BCUT2D eigenvalue weighted by atomic mass is 28.3. The Hall–Kier alpha value is -0.916. The summed E-state index contributed by atoms with van der Waals surface area (Å²) in [5.74, 6) is 2.78.